The topological polar surface area (TPSA) is 37.3 Å². The molecule has 0 aromatic heterocycles. The van der Waals surface area contributed by atoms with Crippen LogP contribution in [0.4, 0.5) is 4.39 Å². The third-order valence-electron chi connectivity index (χ3n) is 3.02. The molecule has 0 aliphatic heterocycles. The minimum atomic E-state index is -0.975. The molecule has 0 saturated carbocycles. The zero-order valence-electron chi connectivity index (χ0n) is 10.2. The van der Waals surface area contributed by atoms with Crippen molar-refractivity contribution >= 4 is 5.97 Å². The molecule has 2 rings (SSSR count). The van der Waals surface area contributed by atoms with Crippen molar-refractivity contribution in [2.24, 2.45) is 0 Å². The summed E-state index contributed by atoms with van der Waals surface area (Å²) >= 11 is 0. The second-order valence-corrected chi connectivity index (χ2v) is 4.29. The highest BCUT2D eigenvalue weighted by Crippen LogP contribution is 2.27. The first-order valence-corrected chi connectivity index (χ1v) is 5.59. The van der Waals surface area contributed by atoms with E-state index < -0.39 is 5.97 Å². The highest BCUT2D eigenvalue weighted by Gasteiger charge is 2.13. The molecule has 0 amide bonds. The van der Waals surface area contributed by atoms with Gasteiger partial charge in [-0.05, 0) is 54.3 Å². The maximum Gasteiger partial charge on any atom is 0.336 e. The predicted octanol–water partition coefficient (Wildman–Crippen LogP) is 3.81. The number of carbonyl (C=O) groups is 1. The van der Waals surface area contributed by atoms with Gasteiger partial charge >= 0.3 is 5.97 Å². The van der Waals surface area contributed by atoms with Gasteiger partial charge in [-0.3, -0.25) is 0 Å². The van der Waals surface area contributed by atoms with E-state index in [1.54, 1.807) is 18.2 Å². The molecule has 2 aromatic rings. The zero-order valence-corrected chi connectivity index (χ0v) is 10.2. The van der Waals surface area contributed by atoms with Crippen LogP contribution in [0.3, 0.4) is 0 Å². The van der Waals surface area contributed by atoms with Crippen LogP contribution in [0, 0.1) is 19.7 Å². The zero-order chi connectivity index (χ0) is 13.3. The van der Waals surface area contributed by atoms with Gasteiger partial charge in [0.2, 0.25) is 0 Å². The average Bonchev–Trinajstić information content (AvgIpc) is 2.33. The molecular formula is C15H13FO2. The minimum absolute atomic E-state index is 0.240. The number of hydrogen-bond donors (Lipinski definition) is 1. The summed E-state index contributed by atoms with van der Waals surface area (Å²) < 4.78 is 12.9. The fourth-order valence-electron chi connectivity index (χ4n) is 1.86. The smallest absolute Gasteiger partial charge is 0.336 e. The first-order chi connectivity index (χ1) is 8.49. The second kappa shape index (κ2) is 4.61. The summed E-state index contributed by atoms with van der Waals surface area (Å²) in [7, 11) is 0. The number of carboxylic acids is 1. The van der Waals surface area contributed by atoms with Crippen LogP contribution < -0.4 is 0 Å². The van der Waals surface area contributed by atoms with Gasteiger partial charge in [0.05, 0.1) is 5.56 Å². The molecule has 0 aliphatic carbocycles. The van der Waals surface area contributed by atoms with Crippen LogP contribution in [0.1, 0.15) is 21.5 Å². The Morgan fingerprint density at radius 2 is 1.61 bits per heavy atom. The Kier molecular flexibility index (Phi) is 3.15. The molecule has 92 valence electrons. The molecular weight excluding hydrogens is 231 g/mol. The number of carboxylic acid groups (broad SMARTS) is 1. The van der Waals surface area contributed by atoms with E-state index in [9.17, 15) is 14.3 Å². The number of aryl methyl sites for hydroxylation is 2. The Morgan fingerprint density at radius 1 is 1.06 bits per heavy atom. The SMILES string of the molecule is Cc1cc(C(=O)O)c(-c2ccc(F)cc2)cc1C. The van der Waals surface area contributed by atoms with Crippen LogP contribution in [-0.2, 0) is 0 Å². The molecule has 1 N–H and O–H groups in total. The number of rotatable bonds is 2. The molecule has 3 heteroatoms. The van der Waals surface area contributed by atoms with Crippen molar-refractivity contribution in [3.8, 4) is 11.1 Å². The van der Waals surface area contributed by atoms with Crippen LogP contribution in [-0.4, -0.2) is 11.1 Å². The van der Waals surface area contributed by atoms with E-state index in [0.717, 1.165) is 11.1 Å². The molecule has 0 bridgehead atoms. The summed E-state index contributed by atoms with van der Waals surface area (Å²) in [5.74, 6) is -1.31. The molecule has 18 heavy (non-hydrogen) atoms. The Labute approximate surface area is 105 Å². The minimum Gasteiger partial charge on any atom is -0.478 e. The Morgan fingerprint density at radius 3 is 2.17 bits per heavy atom. The third kappa shape index (κ3) is 2.25. The Bertz CT molecular complexity index is 601. The standard InChI is InChI=1S/C15H13FO2/c1-9-7-13(11-3-5-12(16)6-4-11)14(15(17)18)8-10(9)2/h3-8H,1-2H3,(H,17,18). The van der Waals surface area contributed by atoms with E-state index in [2.05, 4.69) is 0 Å². The lowest BCUT2D eigenvalue weighted by molar-refractivity contribution is 0.0697. The van der Waals surface area contributed by atoms with E-state index in [4.69, 9.17) is 0 Å². The van der Waals surface area contributed by atoms with Crippen molar-refractivity contribution in [2.45, 2.75) is 13.8 Å². The summed E-state index contributed by atoms with van der Waals surface area (Å²) in [6, 6.07) is 9.31. The fourth-order valence-corrected chi connectivity index (χ4v) is 1.86. The van der Waals surface area contributed by atoms with Crippen molar-refractivity contribution < 1.29 is 14.3 Å². The van der Waals surface area contributed by atoms with Gasteiger partial charge in [-0.2, -0.15) is 0 Å². The van der Waals surface area contributed by atoms with Crippen molar-refractivity contribution in [1.29, 1.82) is 0 Å². The van der Waals surface area contributed by atoms with Crippen LogP contribution in [0.15, 0.2) is 36.4 Å². The number of benzene rings is 2. The normalized spacial score (nSPS) is 10.4. The Hall–Kier alpha value is -2.16. The largest absolute Gasteiger partial charge is 0.478 e. The van der Waals surface area contributed by atoms with Gasteiger partial charge in [0.1, 0.15) is 5.82 Å². The first kappa shape index (κ1) is 12.3. The van der Waals surface area contributed by atoms with Crippen LogP contribution in [0.5, 0.6) is 0 Å². The highest BCUT2D eigenvalue weighted by atomic mass is 19.1. The quantitative estimate of drug-likeness (QED) is 0.872. The van der Waals surface area contributed by atoms with E-state index in [1.165, 1.54) is 12.1 Å². The highest BCUT2D eigenvalue weighted by molar-refractivity contribution is 5.96. The van der Waals surface area contributed by atoms with Crippen LogP contribution in [0.2, 0.25) is 0 Å². The van der Waals surface area contributed by atoms with Crippen molar-refractivity contribution in [1.82, 2.24) is 0 Å². The molecule has 0 spiro atoms. The summed E-state index contributed by atoms with van der Waals surface area (Å²) in [6.07, 6.45) is 0. The molecule has 0 atom stereocenters. The lowest BCUT2D eigenvalue weighted by Gasteiger charge is -2.10. The second-order valence-electron chi connectivity index (χ2n) is 4.29. The van der Waals surface area contributed by atoms with E-state index in [0.29, 0.717) is 11.1 Å². The van der Waals surface area contributed by atoms with Gasteiger partial charge in [-0.15, -0.1) is 0 Å². The summed E-state index contributed by atoms with van der Waals surface area (Å²) in [5.41, 5.74) is 3.50. The van der Waals surface area contributed by atoms with E-state index >= 15 is 0 Å². The summed E-state index contributed by atoms with van der Waals surface area (Å²) in [5, 5.41) is 9.22. The lowest BCUT2D eigenvalue weighted by atomic mass is 9.95. The third-order valence-corrected chi connectivity index (χ3v) is 3.02. The molecule has 0 unspecified atom stereocenters. The van der Waals surface area contributed by atoms with Gasteiger partial charge in [0.25, 0.3) is 0 Å². The van der Waals surface area contributed by atoms with Crippen LogP contribution in [0.25, 0.3) is 11.1 Å². The monoisotopic (exact) mass is 244 g/mol. The summed E-state index contributed by atoms with van der Waals surface area (Å²) in [6.45, 7) is 3.80. The molecule has 0 heterocycles. The predicted molar refractivity (Wildman–Crippen MR) is 68.3 cm³/mol. The van der Waals surface area contributed by atoms with Crippen molar-refractivity contribution in [3.05, 3.63) is 58.9 Å². The van der Waals surface area contributed by atoms with Gasteiger partial charge in [0, 0.05) is 0 Å². The molecule has 0 aliphatic rings. The lowest BCUT2D eigenvalue weighted by Crippen LogP contribution is -2.01. The number of halogens is 1. The van der Waals surface area contributed by atoms with Crippen molar-refractivity contribution in [2.75, 3.05) is 0 Å². The average molecular weight is 244 g/mol. The van der Waals surface area contributed by atoms with Crippen molar-refractivity contribution in [3.63, 3.8) is 0 Å². The Balaban J connectivity index is 2.65. The number of hydrogen-bond acceptors (Lipinski definition) is 1. The van der Waals surface area contributed by atoms with E-state index in [-0.39, 0.29) is 11.4 Å². The molecule has 2 aromatic carbocycles. The number of aromatic carboxylic acids is 1. The first-order valence-electron chi connectivity index (χ1n) is 5.59. The maximum absolute atomic E-state index is 12.9. The van der Waals surface area contributed by atoms with Gasteiger partial charge in [0.15, 0.2) is 0 Å². The molecule has 0 saturated heterocycles. The molecule has 0 fully saturated rings. The summed E-state index contributed by atoms with van der Waals surface area (Å²) in [4.78, 5) is 11.3. The van der Waals surface area contributed by atoms with Gasteiger partial charge < -0.3 is 5.11 Å². The fraction of sp³-hybridized carbons (Fsp3) is 0.133. The molecule has 2 nitrogen and oxygen atoms in total. The van der Waals surface area contributed by atoms with Gasteiger partial charge in [-0.25, -0.2) is 9.18 Å². The van der Waals surface area contributed by atoms with Gasteiger partial charge in [-0.1, -0.05) is 18.2 Å². The van der Waals surface area contributed by atoms with Crippen LogP contribution >= 0.6 is 0 Å². The maximum atomic E-state index is 12.9. The molecule has 0 radical (unpaired) electrons. The van der Waals surface area contributed by atoms with E-state index in [1.807, 2.05) is 19.9 Å².